The van der Waals surface area contributed by atoms with Gasteiger partial charge in [0, 0.05) is 0 Å². The van der Waals surface area contributed by atoms with E-state index in [-0.39, 0.29) is 17.1 Å². The molecule has 0 unspecified atom stereocenters. The van der Waals surface area contributed by atoms with Gasteiger partial charge in [-0.3, -0.25) is 13.2 Å². The molecule has 0 aromatic carbocycles. The van der Waals surface area contributed by atoms with Crippen LogP contribution in [0.25, 0.3) is 21.5 Å². The van der Waals surface area contributed by atoms with E-state index in [1.165, 1.54) is 0 Å². The summed E-state index contributed by atoms with van der Waals surface area (Å²) in [6, 6.07) is 0. The van der Waals surface area contributed by atoms with Crippen LogP contribution >= 0.6 is 0 Å². The number of hydrogen-bond donors (Lipinski definition) is 0. The molecular weight excluding hydrogens is 236 g/mol. The third-order valence-electron chi connectivity index (χ3n) is 1.82. The summed E-state index contributed by atoms with van der Waals surface area (Å²) in [5.74, 6) is 0. The summed E-state index contributed by atoms with van der Waals surface area (Å²) in [4.78, 5) is 7.25. The van der Waals surface area contributed by atoms with Gasteiger partial charge in [0.05, 0.1) is 0 Å². The zero-order chi connectivity index (χ0) is 10.5. The van der Waals surface area contributed by atoms with Crippen molar-refractivity contribution in [3.8, 4) is 0 Å². The largest absolute Gasteiger partial charge is 2.00 e. The summed E-state index contributed by atoms with van der Waals surface area (Å²) in [6.07, 6.45) is 5.63. The second kappa shape index (κ2) is 16.4. The molecule has 0 aromatic heterocycles. The van der Waals surface area contributed by atoms with E-state index in [2.05, 4.69) is 22.4 Å². The van der Waals surface area contributed by atoms with Crippen LogP contribution in [0, 0.1) is 11.3 Å². The Morgan fingerprint density at radius 3 is 2.27 bits per heavy atom. The Bertz CT molecular complexity index is 75.3. The van der Waals surface area contributed by atoms with Gasteiger partial charge in [0.25, 0.3) is 0 Å². The van der Waals surface area contributed by atoms with Gasteiger partial charge < -0.3 is 32.9 Å². The van der Waals surface area contributed by atoms with Crippen LogP contribution in [0.3, 0.4) is 0 Å². The van der Waals surface area contributed by atoms with E-state index in [9.17, 15) is 0 Å². The van der Waals surface area contributed by atoms with E-state index >= 15 is 0 Å². The minimum Gasteiger partial charge on any atom is -0.688 e. The molecule has 90 valence electrons. The SMILES string of the molecule is [CH-]1CCC[N-]C[N-]CCC[N-]C1.[Fe+2].[N-]=O. The monoisotopic (exact) mass is 253 g/mol. The summed E-state index contributed by atoms with van der Waals surface area (Å²) in [7, 11) is 0. The van der Waals surface area contributed by atoms with Gasteiger partial charge in [0.1, 0.15) is 0 Å². The smallest absolute Gasteiger partial charge is 0.688 e. The van der Waals surface area contributed by atoms with Crippen LogP contribution in [0.2, 0.25) is 0 Å². The normalized spacial score (nSPS) is 19.5. The van der Waals surface area contributed by atoms with Gasteiger partial charge in [-0.1, -0.05) is 12.8 Å². The summed E-state index contributed by atoms with van der Waals surface area (Å²) < 4.78 is 0. The second-order valence-corrected chi connectivity index (χ2v) is 2.95. The first-order chi connectivity index (χ1) is 7.00. The molecule has 5 nitrogen and oxygen atoms in total. The number of nitroso groups, excluding NO2 is 1. The van der Waals surface area contributed by atoms with E-state index in [4.69, 9.17) is 10.5 Å². The van der Waals surface area contributed by atoms with Gasteiger partial charge in [-0.05, 0) is 0 Å². The number of rotatable bonds is 0. The van der Waals surface area contributed by atoms with Crippen LogP contribution in [0.1, 0.15) is 19.3 Å². The van der Waals surface area contributed by atoms with E-state index in [1.807, 2.05) is 0 Å². The van der Waals surface area contributed by atoms with Crippen LogP contribution < -0.4 is 0 Å². The fourth-order valence-electron chi connectivity index (χ4n) is 1.13. The van der Waals surface area contributed by atoms with Crippen molar-refractivity contribution in [2.24, 2.45) is 0 Å². The quantitative estimate of drug-likeness (QED) is 0.482. The Morgan fingerprint density at radius 2 is 1.53 bits per heavy atom. The summed E-state index contributed by atoms with van der Waals surface area (Å²) in [5, 5.41) is 12.9. The molecule has 1 fully saturated rings. The van der Waals surface area contributed by atoms with Gasteiger partial charge >= 0.3 is 17.1 Å². The van der Waals surface area contributed by atoms with E-state index in [0.29, 0.717) is 6.67 Å². The van der Waals surface area contributed by atoms with Gasteiger partial charge in [-0.25, -0.2) is 0 Å². The second-order valence-electron chi connectivity index (χ2n) is 2.95. The molecule has 0 aromatic rings. The predicted molar refractivity (Wildman–Crippen MR) is 59.3 cm³/mol. The Labute approximate surface area is 102 Å². The fourth-order valence-corrected chi connectivity index (χ4v) is 1.13. The molecule has 1 aliphatic rings. The fraction of sp³-hybridized carbons (Fsp3) is 0.889. The van der Waals surface area contributed by atoms with Gasteiger partial charge in [0.2, 0.25) is 0 Å². The molecule has 0 radical (unpaired) electrons. The average Bonchev–Trinajstić information content (AvgIpc) is 2.22. The predicted octanol–water partition coefficient (Wildman–Crippen LogP) is 2.77. The molecule has 6 heteroatoms. The number of hydrogen-bond acceptors (Lipinski definition) is 1. The van der Waals surface area contributed by atoms with Crippen molar-refractivity contribution >= 4 is 0 Å². The van der Waals surface area contributed by atoms with Crippen LogP contribution in [0.5, 0.6) is 0 Å². The molecule has 0 aliphatic carbocycles. The van der Waals surface area contributed by atoms with Gasteiger partial charge in [0.15, 0.2) is 0 Å². The molecule has 0 amide bonds. The number of nitrogens with zero attached hydrogens (tertiary/aromatic N) is 4. The van der Waals surface area contributed by atoms with Crippen molar-refractivity contribution < 1.29 is 17.1 Å². The van der Waals surface area contributed by atoms with Crippen molar-refractivity contribution in [1.82, 2.24) is 0 Å². The van der Waals surface area contributed by atoms with Crippen molar-refractivity contribution in [1.29, 1.82) is 0 Å². The summed E-state index contributed by atoms with van der Waals surface area (Å²) in [5.41, 5.74) is 5.75. The first kappa shape index (κ1) is 17.4. The van der Waals surface area contributed by atoms with E-state index < -0.39 is 0 Å². The Hall–Kier alpha value is -0.000519. The van der Waals surface area contributed by atoms with E-state index in [1.54, 1.807) is 0 Å². The molecule has 0 atom stereocenters. The molecular formula is C9H17FeN4O-3. The molecule has 0 N–H and O–H groups in total. The Morgan fingerprint density at radius 1 is 0.933 bits per heavy atom. The summed E-state index contributed by atoms with van der Waals surface area (Å²) in [6.45, 7) is 4.45. The third kappa shape index (κ3) is 14.0. The first-order valence-corrected chi connectivity index (χ1v) is 4.90. The molecule has 0 bridgehead atoms. The van der Waals surface area contributed by atoms with Gasteiger partial charge in [-0.15, -0.1) is 0 Å². The van der Waals surface area contributed by atoms with E-state index in [0.717, 1.165) is 45.4 Å². The topological polar surface area (TPSA) is 81.7 Å². The van der Waals surface area contributed by atoms with Crippen molar-refractivity contribution in [3.63, 3.8) is 0 Å². The molecule has 1 saturated heterocycles. The standard InChI is InChI=1S/C9H17N3.Fe.NO/c1-2-5-10-7-4-8-12-9-11-6-3-1;;1-2/h2H,1,3-9H2;;/q-4;+2;-1. The van der Waals surface area contributed by atoms with Crippen LogP contribution in [0.4, 0.5) is 0 Å². The summed E-state index contributed by atoms with van der Waals surface area (Å²) >= 11 is 0. The maximum atomic E-state index is 7.25. The maximum Gasteiger partial charge on any atom is 2.00 e. The molecule has 1 rings (SSSR count). The van der Waals surface area contributed by atoms with Crippen molar-refractivity contribution in [2.75, 3.05) is 32.8 Å². The molecule has 15 heavy (non-hydrogen) atoms. The average molecular weight is 253 g/mol. The molecule has 1 heterocycles. The first-order valence-electron chi connectivity index (χ1n) is 4.90. The molecule has 0 spiro atoms. The maximum absolute atomic E-state index is 7.25. The van der Waals surface area contributed by atoms with Gasteiger partial charge in [-0.2, -0.15) is 26.1 Å². The van der Waals surface area contributed by atoms with Crippen molar-refractivity contribution in [2.45, 2.75) is 19.3 Å². The Kier molecular flexibility index (Phi) is 19.1. The zero-order valence-corrected chi connectivity index (χ0v) is 9.89. The molecule has 0 saturated carbocycles. The minimum absolute atomic E-state index is 0. The third-order valence-corrected chi connectivity index (χ3v) is 1.82. The van der Waals surface area contributed by atoms with Crippen LogP contribution in [0.15, 0.2) is 0 Å². The minimum atomic E-state index is 0. The van der Waals surface area contributed by atoms with Crippen molar-refractivity contribution in [3.05, 3.63) is 32.9 Å². The molecule has 1 aliphatic heterocycles. The zero-order valence-electron chi connectivity index (χ0n) is 8.78. The van der Waals surface area contributed by atoms with Crippen LogP contribution in [-0.4, -0.2) is 32.8 Å². The van der Waals surface area contributed by atoms with Crippen LogP contribution in [-0.2, 0) is 17.1 Å². The Balaban J connectivity index is 0.